The first kappa shape index (κ1) is 13.9. The van der Waals surface area contributed by atoms with E-state index < -0.39 is 43.0 Å². The van der Waals surface area contributed by atoms with Crippen molar-refractivity contribution in [3.8, 4) is 12.3 Å². The molecular weight excluding hydrogens is 236 g/mol. The standard InChI is InChI=1S/C9H12O8/c1-2-4(11)16-8-6(13)5(12)7(14)9(15,3-10)17-8/h1,5-8,10,12-15H,3H2/t5-,6+,7+,8?,9+/m1/s1. The third-order valence-electron chi connectivity index (χ3n) is 2.30. The SMILES string of the molecule is C#CC(=O)OC1O[C@@](O)(CO)[C@@H](O)[C@H](O)[C@@H]1O. The van der Waals surface area contributed by atoms with Crippen molar-refractivity contribution in [2.75, 3.05) is 6.61 Å². The highest BCUT2D eigenvalue weighted by molar-refractivity contribution is 5.87. The zero-order valence-corrected chi connectivity index (χ0v) is 8.55. The van der Waals surface area contributed by atoms with E-state index in [9.17, 15) is 25.2 Å². The Kier molecular flexibility index (Phi) is 4.05. The van der Waals surface area contributed by atoms with Crippen LogP contribution in [0.25, 0.3) is 0 Å². The molecule has 0 radical (unpaired) electrons. The van der Waals surface area contributed by atoms with E-state index in [-0.39, 0.29) is 0 Å². The van der Waals surface area contributed by atoms with Crippen molar-refractivity contribution in [2.24, 2.45) is 0 Å². The summed E-state index contributed by atoms with van der Waals surface area (Å²) < 4.78 is 8.98. The highest BCUT2D eigenvalue weighted by Gasteiger charge is 2.53. The molecule has 17 heavy (non-hydrogen) atoms. The van der Waals surface area contributed by atoms with Gasteiger partial charge in [-0.05, 0) is 0 Å². The van der Waals surface area contributed by atoms with Gasteiger partial charge in [0.2, 0.25) is 12.1 Å². The summed E-state index contributed by atoms with van der Waals surface area (Å²) in [6.07, 6.45) is -2.74. The Morgan fingerprint density at radius 1 is 1.41 bits per heavy atom. The van der Waals surface area contributed by atoms with Gasteiger partial charge in [-0.1, -0.05) is 0 Å². The van der Waals surface area contributed by atoms with Crippen LogP contribution < -0.4 is 0 Å². The third kappa shape index (κ3) is 2.55. The minimum Gasteiger partial charge on any atom is -0.423 e. The second-order valence-corrected chi connectivity index (χ2v) is 3.46. The summed E-state index contributed by atoms with van der Waals surface area (Å²) in [4.78, 5) is 10.8. The van der Waals surface area contributed by atoms with Crippen LogP contribution in [0.1, 0.15) is 0 Å². The molecule has 1 aliphatic rings. The van der Waals surface area contributed by atoms with Crippen LogP contribution in [0.3, 0.4) is 0 Å². The maximum Gasteiger partial charge on any atom is 0.386 e. The molecule has 5 atom stereocenters. The van der Waals surface area contributed by atoms with Crippen molar-refractivity contribution in [1.82, 2.24) is 0 Å². The van der Waals surface area contributed by atoms with Crippen LogP contribution in [-0.4, -0.2) is 68.5 Å². The van der Waals surface area contributed by atoms with Crippen molar-refractivity contribution >= 4 is 5.97 Å². The summed E-state index contributed by atoms with van der Waals surface area (Å²) in [5, 5.41) is 46.5. The Labute approximate surface area is 96.0 Å². The number of rotatable bonds is 2. The maximum atomic E-state index is 10.8. The fourth-order valence-corrected chi connectivity index (χ4v) is 1.32. The first-order valence-corrected chi connectivity index (χ1v) is 4.58. The highest BCUT2D eigenvalue weighted by Crippen LogP contribution is 2.28. The second kappa shape index (κ2) is 4.97. The number of esters is 1. The smallest absolute Gasteiger partial charge is 0.386 e. The molecule has 0 aromatic heterocycles. The molecule has 1 fully saturated rings. The number of hydrogen-bond donors (Lipinski definition) is 5. The number of hydrogen-bond acceptors (Lipinski definition) is 8. The molecule has 1 rings (SSSR count). The zero-order chi connectivity index (χ0) is 13.2. The molecule has 8 nitrogen and oxygen atoms in total. The fourth-order valence-electron chi connectivity index (χ4n) is 1.32. The number of terminal acetylenes is 1. The van der Waals surface area contributed by atoms with Crippen LogP contribution >= 0.6 is 0 Å². The molecule has 0 aliphatic carbocycles. The van der Waals surface area contributed by atoms with Crippen molar-refractivity contribution in [1.29, 1.82) is 0 Å². The number of aliphatic hydroxyl groups excluding tert-OH is 4. The minimum atomic E-state index is -2.56. The molecular formula is C9H12O8. The summed E-state index contributed by atoms with van der Waals surface area (Å²) >= 11 is 0. The number of aliphatic hydroxyl groups is 5. The van der Waals surface area contributed by atoms with Gasteiger partial charge in [0, 0.05) is 5.92 Å². The molecule has 5 N–H and O–H groups in total. The monoisotopic (exact) mass is 248 g/mol. The highest BCUT2D eigenvalue weighted by atomic mass is 16.8. The topological polar surface area (TPSA) is 137 Å². The van der Waals surface area contributed by atoms with Crippen molar-refractivity contribution < 1.29 is 39.8 Å². The lowest BCUT2D eigenvalue weighted by molar-refractivity contribution is -0.389. The van der Waals surface area contributed by atoms with Gasteiger partial charge >= 0.3 is 5.97 Å². The van der Waals surface area contributed by atoms with E-state index in [2.05, 4.69) is 9.47 Å². The lowest BCUT2D eigenvalue weighted by Gasteiger charge is -2.43. The van der Waals surface area contributed by atoms with E-state index in [1.807, 2.05) is 0 Å². The van der Waals surface area contributed by atoms with E-state index >= 15 is 0 Å². The molecule has 1 aliphatic heterocycles. The molecule has 1 heterocycles. The lowest BCUT2D eigenvalue weighted by Crippen LogP contribution is -2.66. The van der Waals surface area contributed by atoms with Crippen LogP contribution in [0.15, 0.2) is 0 Å². The Hall–Kier alpha value is -1.21. The normalized spacial score (nSPS) is 41.6. The van der Waals surface area contributed by atoms with Gasteiger partial charge in [-0.25, -0.2) is 4.79 Å². The molecule has 0 saturated carbocycles. The number of carbonyl (C=O) groups is 1. The number of ether oxygens (including phenoxy) is 2. The molecule has 0 aromatic carbocycles. The second-order valence-electron chi connectivity index (χ2n) is 3.46. The van der Waals surface area contributed by atoms with Gasteiger partial charge in [-0.2, -0.15) is 0 Å². The predicted molar refractivity (Wildman–Crippen MR) is 49.9 cm³/mol. The molecule has 1 unspecified atom stereocenters. The largest absolute Gasteiger partial charge is 0.423 e. The van der Waals surface area contributed by atoms with Crippen LogP contribution in [0.5, 0.6) is 0 Å². The van der Waals surface area contributed by atoms with E-state index in [0.29, 0.717) is 0 Å². The third-order valence-corrected chi connectivity index (χ3v) is 2.30. The van der Waals surface area contributed by atoms with E-state index in [4.69, 9.17) is 11.5 Å². The fraction of sp³-hybridized carbons (Fsp3) is 0.667. The maximum absolute atomic E-state index is 10.8. The summed E-state index contributed by atoms with van der Waals surface area (Å²) in [6.45, 7) is -1.08. The average molecular weight is 248 g/mol. The summed E-state index contributed by atoms with van der Waals surface area (Å²) in [5.74, 6) is -2.19. The average Bonchev–Trinajstić information content (AvgIpc) is 2.33. The Morgan fingerprint density at radius 2 is 2.00 bits per heavy atom. The summed E-state index contributed by atoms with van der Waals surface area (Å²) in [5.41, 5.74) is 0. The quantitative estimate of drug-likeness (QED) is 0.191. The molecule has 0 aromatic rings. The summed E-state index contributed by atoms with van der Waals surface area (Å²) in [7, 11) is 0. The molecule has 0 spiro atoms. The van der Waals surface area contributed by atoms with Crippen molar-refractivity contribution in [2.45, 2.75) is 30.4 Å². The van der Waals surface area contributed by atoms with Gasteiger partial charge in [0.1, 0.15) is 18.3 Å². The Balaban J connectivity index is 2.86. The molecule has 1 saturated heterocycles. The van der Waals surface area contributed by atoms with Crippen LogP contribution in [0.4, 0.5) is 0 Å². The first-order valence-electron chi connectivity index (χ1n) is 4.58. The van der Waals surface area contributed by atoms with Gasteiger partial charge in [0.05, 0.1) is 6.61 Å². The van der Waals surface area contributed by atoms with Crippen molar-refractivity contribution in [3.05, 3.63) is 0 Å². The predicted octanol–water partition coefficient (Wildman–Crippen LogP) is -3.72. The minimum absolute atomic E-state index is 1.08. The Morgan fingerprint density at radius 3 is 2.47 bits per heavy atom. The molecule has 0 bridgehead atoms. The van der Waals surface area contributed by atoms with E-state index in [1.165, 1.54) is 0 Å². The van der Waals surface area contributed by atoms with Gasteiger partial charge < -0.3 is 35.0 Å². The van der Waals surface area contributed by atoms with Crippen LogP contribution in [0, 0.1) is 12.3 Å². The van der Waals surface area contributed by atoms with Gasteiger partial charge in [-0.3, -0.25) is 0 Å². The Bertz CT molecular complexity index is 336. The molecule has 8 heteroatoms. The van der Waals surface area contributed by atoms with Gasteiger partial charge in [0.15, 0.2) is 0 Å². The van der Waals surface area contributed by atoms with Gasteiger partial charge in [0.25, 0.3) is 0 Å². The molecule has 96 valence electrons. The molecule has 0 amide bonds. The first-order chi connectivity index (χ1) is 7.85. The van der Waals surface area contributed by atoms with Crippen molar-refractivity contribution in [3.63, 3.8) is 0 Å². The van der Waals surface area contributed by atoms with Gasteiger partial charge in [-0.15, -0.1) is 6.42 Å². The summed E-state index contributed by atoms with van der Waals surface area (Å²) in [6, 6.07) is 0. The zero-order valence-electron chi connectivity index (χ0n) is 8.55. The van der Waals surface area contributed by atoms with E-state index in [0.717, 1.165) is 0 Å². The lowest BCUT2D eigenvalue weighted by atomic mass is 9.96. The van der Waals surface area contributed by atoms with E-state index in [1.54, 1.807) is 5.92 Å². The number of carbonyl (C=O) groups excluding carboxylic acids is 1. The van der Waals surface area contributed by atoms with Crippen LogP contribution in [-0.2, 0) is 14.3 Å². The van der Waals surface area contributed by atoms with Crippen LogP contribution in [0.2, 0.25) is 0 Å².